The zero-order valence-electron chi connectivity index (χ0n) is 24.1. The highest BCUT2D eigenvalue weighted by molar-refractivity contribution is 5.64. The molecule has 220 valence electrons. The van der Waals surface area contributed by atoms with E-state index in [1.54, 1.807) is 39.5 Å². The van der Waals surface area contributed by atoms with Gasteiger partial charge in [0.25, 0.3) is 0 Å². The number of anilines is 3. The standard InChI is InChI=1S/C28H37FN8O4/c1-27(2)13-18(11-19-7-6-10-36(19)27)31-23-20(29)14-30-25(33-23)32-17-8-9-22-21(12-17)37-24(34-35(3)26(37)38)28(41-22,15-39-4)16-40-5/h8-9,12,14,18-19H,6-7,10-11,13,15-16H2,1-5H3,(H2,30,31,32,33)/t18-,19+/m1/s1. The Morgan fingerprint density at radius 2 is 2.00 bits per heavy atom. The molecule has 2 N–H and O–H groups in total. The molecular weight excluding hydrogens is 531 g/mol. The molecule has 3 aliphatic heterocycles. The number of hydrogen-bond donors (Lipinski definition) is 2. The number of aryl methyl sites for hydroxylation is 1. The molecule has 2 aromatic heterocycles. The Balaban J connectivity index is 1.27. The predicted octanol–water partition coefficient (Wildman–Crippen LogP) is 2.94. The highest BCUT2D eigenvalue weighted by atomic mass is 19.1. The fourth-order valence-corrected chi connectivity index (χ4v) is 6.76. The van der Waals surface area contributed by atoms with Crippen LogP contribution in [0.2, 0.25) is 0 Å². The summed E-state index contributed by atoms with van der Waals surface area (Å²) in [5.74, 6) is 0.746. The third-order valence-electron chi connectivity index (χ3n) is 8.39. The van der Waals surface area contributed by atoms with Gasteiger partial charge in [-0.1, -0.05) is 0 Å². The second-order valence-electron chi connectivity index (χ2n) is 11.8. The number of aromatic nitrogens is 5. The summed E-state index contributed by atoms with van der Waals surface area (Å²) >= 11 is 0. The molecule has 0 amide bonds. The van der Waals surface area contributed by atoms with Gasteiger partial charge in [-0.15, -0.1) is 0 Å². The van der Waals surface area contributed by atoms with Crippen molar-refractivity contribution in [3.8, 4) is 11.4 Å². The maximum absolute atomic E-state index is 14.8. The van der Waals surface area contributed by atoms with Gasteiger partial charge in [0.1, 0.15) is 5.75 Å². The van der Waals surface area contributed by atoms with Crippen LogP contribution in [0.1, 0.15) is 45.4 Å². The van der Waals surface area contributed by atoms with E-state index in [9.17, 15) is 9.18 Å². The number of nitrogens with zero attached hydrogens (tertiary/aromatic N) is 6. The summed E-state index contributed by atoms with van der Waals surface area (Å²) in [7, 11) is 4.69. The van der Waals surface area contributed by atoms with E-state index >= 15 is 0 Å². The van der Waals surface area contributed by atoms with Crippen molar-refractivity contribution in [2.24, 2.45) is 7.05 Å². The first-order valence-electron chi connectivity index (χ1n) is 13.9. The van der Waals surface area contributed by atoms with Gasteiger partial charge < -0.3 is 24.8 Å². The quantitative estimate of drug-likeness (QED) is 0.420. The molecule has 6 rings (SSSR count). The van der Waals surface area contributed by atoms with E-state index in [-0.39, 0.29) is 42.3 Å². The molecule has 12 nitrogen and oxygen atoms in total. The lowest BCUT2D eigenvalue weighted by molar-refractivity contribution is -0.0745. The zero-order chi connectivity index (χ0) is 28.9. The molecule has 0 radical (unpaired) electrons. The molecule has 3 aliphatic rings. The number of nitrogens with one attached hydrogen (secondary N) is 2. The average molecular weight is 569 g/mol. The van der Waals surface area contributed by atoms with Gasteiger partial charge in [-0.25, -0.2) is 23.4 Å². The SMILES string of the molecule is COCC1(COC)Oc2ccc(Nc3ncc(F)c(N[C@@H]4C[C@@H]5CCCN5C(C)(C)C4)n3)cc2-n2c1nn(C)c2=O. The maximum Gasteiger partial charge on any atom is 0.350 e. The summed E-state index contributed by atoms with van der Waals surface area (Å²) in [6.07, 6.45) is 5.40. The Labute approximate surface area is 237 Å². The summed E-state index contributed by atoms with van der Waals surface area (Å²) in [5, 5.41) is 11.0. The Morgan fingerprint density at radius 3 is 2.76 bits per heavy atom. The minimum absolute atomic E-state index is 0.0419. The van der Waals surface area contributed by atoms with Crippen molar-refractivity contribution in [3.63, 3.8) is 0 Å². The summed E-state index contributed by atoms with van der Waals surface area (Å²) in [4.78, 5) is 24.4. The first kappa shape index (κ1) is 27.6. The lowest BCUT2D eigenvalue weighted by Gasteiger charge is -2.47. The predicted molar refractivity (Wildman–Crippen MR) is 151 cm³/mol. The number of ether oxygens (including phenoxy) is 3. The number of piperidine rings is 1. The molecule has 2 fully saturated rings. The molecular formula is C28H37FN8O4. The van der Waals surface area contributed by atoms with E-state index in [2.05, 4.69) is 44.4 Å². The fourth-order valence-electron chi connectivity index (χ4n) is 6.76. The molecule has 3 aromatic rings. The molecule has 0 spiro atoms. The number of methoxy groups -OCH3 is 2. The van der Waals surface area contributed by atoms with Crippen LogP contribution < -0.4 is 21.1 Å². The van der Waals surface area contributed by atoms with Crippen molar-refractivity contribution in [2.75, 3.05) is 44.6 Å². The van der Waals surface area contributed by atoms with E-state index < -0.39 is 11.4 Å². The van der Waals surface area contributed by atoms with Crippen molar-refractivity contribution in [2.45, 2.75) is 62.8 Å². The fraction of sp³-hybridized carbons (Fsp3) is 0.571. The van der Waals surface area contributed by atoms with Gasteiger partial charge in [-0.05, 0) is 64.3 Å². The van der Waals surface area contributed by atoms with Gasteiger partial charge in [0.15, 0.2) is 17.5 Å². The second kappa shape index (κ2) is 10.4. The van der Waals surface area contributed by atoms with Crippen molar-refractivity contribution >= 4 is 17.5 Å². The van der Waals surface area contributed by atoms with Gasteiger partial charge in [-0.2, -0.15) is 10.1 Å². The Bertz CT molecular complexity index is 1500. The van der Waals surface area contributed by atoms with Crippen LogP contribution in [0.3, 0.4) is 0 Å². The molecule has 41 heavy (non-hydrogen) atoms. The van der Waals surface area contributed by atoms with Crippen LogP contribution in [0.4, 0.5) is 21.8 Å². The summed E-state index contributed by atoms with van der Waals surface area (Å²) in [6.45, 7) is 5.91. The molecule has 0 unspecified atom stereocenters. The molecule has 0 aliphatic carbocycles. The Hall–Kier alpha value is -3.55. The molecule has 0 bridgehead atoms. The van der Waals surface area contributed by atoms with E-state index in [0.717, 1.165) is 19.4 Å². The van der Waals surface area contributed by atoms with Crippen molar-refractivity contribution in [3.05, 3.63) is 46.5 Å². The van der Waals surface area contributed by atoms with Crippen molar-refractivity contribution in [1.29, 1.82) is 0 Å². The molecule has 1 aromatic carbocycles. The van der Waals surface area contributed by atoms with Crippen LogP contribution in [0.5, 0.6) is 5.75 Å². The lowest BCUT2D eigenvalue weighted by Crippen LogP contribution is -2.55. The second-order valence-corrected chi connectivity index (χ2v) is 11.8. The van der Waals surface area contributed by atoms with Crippen LogP contribution in [-0.2, 0) is 22.1 Å². The normalized spacial score (nSPS) is 22.4. The van der Waals surface area contributed by atoms with E-state index in [4.69, 9.17) is 14.2 Å². The minimum atomic E-state index is -1.10. The first-order valence-corrected chi connectivity index (χ1v) is 13.9. The van der Waals surface area contributed by atoms with Crippen LogP contribution in [0.15, 0.2) is 29.2 Å². The average Bonchev–Trinajstić information content (AvgIpc) is 3.52. The molecule has 5 heterocycles. The summed E-state index contributed by atoms with van der Waals surface area (Å²) in [6, 6.07) is 5.90. The van der Waals surface area contributed by atoms with Crippen LogP contribution >= 0.6 is 0 Å². The van der Waals surface area contributed by atoms with Crippen molar-refractivity contribution in [1.82, 2.24) is 29.2 Å². The van der Waals surface area contributed by atoms with E-state index in [1.807, 2.05) is 0 Å². The smallest absolute Gasteiger partial charge is 0.350 e. The minimum Gasteiger partial charge on any atom is -0.472 e. The van der Waals surface area contributed by atoms with Gasteiger partial charge in [0.05, 0.1) is 25.1 Å². The van der Waals surface area contributed by atoms with Gasteiger partial charge in [-0.3, -0.25) is 4.90 Å². The van der Waals surface area contributed by atoms with Crippen LogP contribution in [0, 0.1) is 5.82 Å². The molecule has 13 heteroatoms. The highest BCUT2D eigenvalue weighted by Crippen LogP contribution is 2.40. The summed E-state index contributed by atoms with van der Waals surface area (Å²) in [5.41, 5.74) is -0.301. The Kier molecular flexibility index (Phi) is 6.99. The van der Waals surface area contributed by atoms with Gasteiger partial charge in [0.2, 0.25) is 11.5 Å². The third-order valence-corrected chi connectivity index (χ3v) is 8.39. The number of hydrogen-bond acceptors (Lipinski definition) is 10. The van der Waals surface area contributed by atoms with E-state index in [0.29, 0.717) is 29.0 Å². The zero-order valence-corrected chi connectivity index (χ0v) is 24.1. The molecule has 2 saturated heterocycles. The van der Waals surface area contributed by atoms with E-state index in [1.165, 1.54) is 28.3 Å². The maximum atomic E-state index is 14.8. The monoisotopic (exact) mass is 568 g/mol. The molecule has 2 atom stereocenters. The topological polar surface area (TPSA) is 121 Å². The largest absolute Gasteiger partial charge is 0.472 e. The van der Waals surface area contributed by atoms with Crippen LogP contribution in [0.25, 0.3) is 5.69 Å². The summed E-state index contributed by atoms with van der Waals surface area (Å²) < 4.78 is 34.8. The number of halogens is 1. The lowest BCUT2D eigenvalue weighted by atomic mass is 9.84. The van der Waals surface area contributed by atoms with Gasteiger partial charge >= 0.3 is 5.69 Å². The molecule has 0 saturated carbocycles. The number of fused-ring (bicyclic) bond motifs is 4. The Morgan fingerprint density at radius 1 is 1.22 bits per heavy atom. The van der Waals surface area contributed by atoms with Crippen molar-refractivity contribution < 1.29 is 18.6 Å². The number of benzene rings is 1. The third kappa shape index (κ3) is 4.85. The van der Waals surface area contributed by atoms with Gasteiger partial charge in [0, 0.05) is 44.6 Å². The van der Waals surface area contributed by atoms with Crippen LogP contribution in [-0.4, -0.2) is 80.8 Å². The highest BCUT2D eigenvalue weighted by Gasteiger charge is 2.46. The number of rotatable bonds is 8. The first-order chi connectivity index (χ1) is 19.6.